The lowest BCUT2D eigenvalue weighted by Crippen LogP contribution is -3.23. The summed E-state index contributed by atoms with van der Waals surface area (Å²) in [7, 11) is 2.17. The van der Waals surface area contributed by atoms with Gasteiger partial charge in [-0.15, -0.1) is 0 Å². The first-order chi connectivity index (χ1) is 7.68. The molecular weight excluding hydrogens is 206 g/mol. The van der Waals surface area contributed by atoms with Crippen molar-refractivity contribution in [2.24, 2.45) is 0 Å². The molecule has 1 heterocycles. The van der Waals surface area contributed by atoms with Crippen molar-refractivity contribution < 1.29 is 15.1 Å². The first kappa shape index (κ1) is 11.0. The van der Waals surface area contributed by atoms with Gasteiger partial charge >= 0.3 is 0 Å². The van der Waals surface area contributed by atoms with Gasteiger partial charge in [0, 0.05) is 18.6 Å². The second-order valence-corrected chi connectivity index (χ2v) is 4.30. The molecule has 1 aliphatic heterocycles. The van der Waals surface area contributed by atoms with Gasteiger partial charge in [-0.05, 0) is 12.1 Å². The van der Waals surface area contributed by atoms with Gasteiger partial charge in [-0.25, -0.2) is 0 Å². The van der Waals surface area contributed by atoms with Crippen LogP contribution in [0.3, 0.4) is 0 Å². The number of hydrogen-bond acceptors (Lipinski definition) is 2. The molecule has 1 fully saturated rings. The van der Waals surface area contributed by atoms with Crippen molar-refractivity contribution in [3.8, 4) is 0 Å². The number of quaternary nitrogens is 2. The summed E-state index contributed by atoms with van der Waals surface area (Å²) in [5.41, 5.74) is 1.33. The predicted molar refractivity (Wildman–Crippen MR) is 59.0 cm³/mol. The number of nitrogens with one attached hydrogen (secondary N) is 1. The summed E-state index contributed by atoms with van der Waals surface area (Å²) in [5, 5.41) is 12.9. The fraction of sp³-hybridized carbons (Fsp3) is 0.455. The molecule has 0 spiro atoms. The van der Waals surface area contributed by atoms with E-state index in [0.29, 0.717) is 6.17 Å². The highest BCUT2D eigenvalue weighted by atomic mass is 16.6. The lowest BCUT2D eigenvalue weighted by Gasteiger charge is -2.27. The van der Waals surface area contributed by atoms with E-state index in [1.807, 2.05) is 12.1 Å². The van der Waals surface area contributed by atoms with Crippen molar-refractivity contribution >= 4 is 5.69 Å². The highest BCUT2D eigenvalue weighted by Gasteiger charge is 2.27. The number of nitrogens with two attached hydrogens (primary N) is 1. The molecule has 1 saturated heterocycles. The molecule has 2 rings (SSSR count). The van der Waals surface area contributed by atoms with Crippen LogP contribution in [0, 0.1) is 10.1 Å². The fourth-order valence-electron chi connectivity index (χ4n) is 2.25. The Morgan fingerprint density at radius 3 is 2.69 bits per heavy atom. The quantitative estimate of drug-likeness (QED) is 0.503. The molecule has 0 bridgehead atoms. The summed E-state index contributed by atoms with van der Waals surface area (Å²) < 4.78 is 0. The van der Waals surface area contributed by atoms with Crippen LogP contribution in [0.4, 0.5) is 5.69 Å². The van der Waals surface area contributed by atoms with Gasteiger partial charge in [0.2, 0.25) is 6.17 Å². The summed E-state index contributed by atoms with van der Waals surface area (Å²) in [6.45, 7) is 2.30. The number of non-ortho nitro benzene ring substituents is 1. The van der Waals surface area contributed by atoms with E-state index >= 15 is 0 Å². The number of benzene rings is 1. The van der Waals surface area contributed by atoms with E-state index < -0.39 is 0 Å². The molecule has 2 atom stereocenters. The SMILES string of the molecule is C[NH+]1CCC[NH2+]C1c1ccc([N+](=O)[O-])cc1. The molecule has 1 aromatic carbocycles. The summed E-state index contributed by atoms with van der Waals surface area (Å²) in [6.07, 6.45) is 1.62. The van der Waals surface area contributed by atoms with Crippen molar-refractivity contribution in [1.82, 2.24) is 0 Å². The molecule has 0 saturated carbocycles. The minimum atomic E-state index is -0.356. The summed E-state index contributed by atoms with van der Waals surface area (Å²) >= 11 is 0. The van der Waals surface area contributed by atoms with Crippen LogP contribution in [0.5, 0.6) is 0 Å². The molecule has 16 heavy (non-hydrogen) atoms. The monoisotopic (exact) mass is 223 g/mol. The van der Waals surface area contributed by atoms with Crippen LogP contribution in [-0.4, -0.2) is 25.1 Å². The van der Waals surface area contributed by atoms with E-state index in [-0.39, 0.29) is 10.6 Å². The van der Waals surface area contributed by atoms with Gasteiger partial charge in [-0.2, -0.15) is 0 Å². The Kier molecular flexibility index (Phi) is 3.17. The van der Waals surface area contributed by atoms with Crippen molar-refractivity contribution in [3.05, 3.63) is 39.9 Å². The molecule has 3 N–H and O–H groups in total. The molecule has 86 valence electrons. The van der Waals surface area contributed by atoms with Gasteiger partial charge in [0.1, 0.15) is 0 Å². The molecule has 0 aliphatic carbocycles. The second kappa shape index (κ2) is 4.59. The van der Waals surface area contributed by atoms with E-state index in [9.17, 15) is 10.1 Å². The zero-order chi connectivity index (χ0) is 11.5. The van der Waals surface area contributed by atoms with Crippen LogP contribution >= 0.6 is 0 Å². The van der Waals surface area contributed by atoms with Gasteiger partial charge in [0.15, 0.2) is 0 Å². The Morgan fingerprint density at radius 1 is 1.44 bits per heavy atom. The summed E-state index contributed by atoms with van der Waals surface area (Å²) in [6, 6.07) is 6.92. The van der Waals surface area contributed by atoms with E-state index in [2.05, 4.69) is 12.4 Å². The van der Waals surface area contributed by atoms with E-state index in [4.69, 9.17) is 0 Å². The van der Waals surface area contributed by atoms with E-state index in [0.717, 1.165) is 13.1 Å². The van der Waals surface area contributed by atoms with Crippen LogP contribution < -0.4 is 10.2 Å². The standard InChI is InChI=1S/C11H15N3O2/c1-13-8-2-7-12-11(13)9-3-5-10(6-4-9)14(15)16/h3-6,11-12H,2,7-8H2,1H3/p+2. The molecule has 0 aromatic heterocycles. The van der Waals surface area contributed by atoms with Crippen LogP contribution in [0.25, 0.3) is 0 Å². The van der Waals surface area contributed by atoms with E-state index in [1.54, 1.807) is 12.1 Å². The lowest BCUT2D eigenvalue weighted by molar-refractivity contribution is -1.05. The number of nitrogens with zero attached hydrogens (tertiary/aromatic N) is 1. The Labute approximate surface area is 94.2 Å². The average molecular weight is 223 g/mol. The van der Waals surface area contributed by atoms with Gasteiger partial charge < -0.3 is 0 Å². The highest BCUT2D eigenvalue weighted by Crippen LogP contribution is 2.13. The highest BCUT2D eigenvalue weighted by molar-refractivity contribution is 5.33. The molecule has 2 unspecified atom stereocenters. The summed E-state index contributed by atoms with van der Waals surface area (Å²) in [4.78, 5) is 11.6. The van der Waals surface area contributed by atoms with Crippen molar-refractivity contribution in [2.75, 3.05) is 20.1 Å². The predicted octanol–water partition coefficient (Wildman–Crippen LogP) is -0.925. The lowest BCUT2D eigenvalue weighted by atomic mass is 10.1. The molecule has 0 amide bonds. The number of hydrogen-bond donors (Lipinski definition) is 2. The maximum atomic E-state index is 10.5. The van der Waals surface area contributed by atoms with Gasteiger partial charge in [-0.3, -0.25) is 20.3 Å². The maximum Gasteiger partial charge on any atom is 0.269 e. The average Bonchev–Trinajstić information content (AvgIpc) is 2.30. The Hall–Kier alpha value is -1.46. The first-order valence-corrected chi connectivity index (χ1v) is 5.58. The molecule has 1 aliphatic rings. The molecular formula is C11H17N3O2+2. The number of nitro groups is 1. The van der Waals surface area contributed by atoms with Crippen LogP contribution in [0.1, 0.15) is 18.2 Å². The van der Waals surface area contributed by atoms with Gasteiger partial charge in [0.25, 0.3) is 5.69 Å². The van der Waals surface area contributed by atoms with Gasteiger partial charge in [0.05, 0.1) is 30.6 Å². The first-order valence-electron chi connectivity index (χ1n) is 5.58. The fourth-order valence-corrected chi connectivity index (χ4v) is 2.25. The Balaban J connectivity index is 2.17. The summed E-state index contributed by atoms with van der Waals surface area (Å²) in [5.74, 6) is 0. The zero-order valence-corrected chi connectivity index (χ0v) is 9.35. The zero-order valence-electron chi connectivity index (χ0n) is 9.35. The third-order valence-electron chi connectivity index (χ3n) is 3.17. The molecule has 0 radical (unpaired) electrons. The molecule has 5 nitrogen and oxygen atoms in total. The third-order valence-corrected chi connectivity index (χ3v) is 3.17. The van der Waals surface area contributed by atoms with E-state index in [1.165, 1.54) is 16.9 Å². The van der Waals surface area contributed by atoms with Gasteiger partial charge in [-0.1, -0.05) is 0 Å². The van der Waals surface area contributed by atoms with Crippen molar-refractivity contribution in [3.63, 3.8) is 0 Å². The normalized spacial score (nSPS) is 25.3. The number of nitro benzene ring substituents is 1. The van der Waals surface area contributed by atoms with Crippen LogP contribution in [0.15, 0.2) is 24.3 Å². The van der Waals surface area contributed by atoms with Crippen LogP contribution in [0.2, 0.25) is 0 Å². The van der Waals surface area contributed by atoms with Crippen molar-refractivity contribution in [2.45, 2.75) is 12.6 Å². The Morgan fingerprint density at radius 2 is 2.12 bits per heavy atom. The third kappa shape index (κ3) is 2.20. The minimum Gasteiger partial charge on any atom is -0.293 e. The molecule has 5 heteroatoms. The Bertz CT molecular complexity index is 377. The largest absolute Gasteiger partial charge is 0.293 e. The minimum absolute atomic E-state index is 0.164. The smallest absolute Gasteiger partial charge is 0.269 e. The topological polar surface area (TPSA) is 64.2 Å². The maximum absolute atomic E-state index is 10.5. The second-order valence-electron chi connectivity index (χ2n) is 4.30. The van der Waals surface area contributed by atoms with Crippen molar-refractivity contribution in [1.29, 1.82) is 0 Å². The molecule has 1 aromatic rings. The van der Waals surface area contributed by atoms with Crippen LogP contribution in [-0.2, 0) is 0 Å². The number of rotatable bonds is 2.